The standard InChI is InChI=1S/C8H11.C3H5.CHF3O3S.Pd/c1-2-4-6-8-7-5-3-1;1-3-2;2-1(3,4)8(5,6)7;/h1-2,7H,3-6H2;3H,1-2H2;(H,5,6,7);/q;;;+1/p-1. The molecular formula is C12H16F3O3PdS. The monoisotopic (exact) mass is 403 g/mol. The molecule has 0 saturated heterocycles. The molecule has 0 amide bonds. The molecule has 1 rings (SSSR count). The van der Waals surface area contributed by atoms with Crippen LogP contribution in [0.1, 0.15) is 25.7 Å². The summed E-state index contributed by atoms with van der Waals surface area (Å²) in [5, 5.41) is 0. The molecule has 0 aliphatic heterocycles. The fraction of sp³-hybridized carbons (Fsp3) is 0.500. The van der Waals surface area contributed by atoms with Gasteiger partial charge in [-0.05, 0) is 0 Å². The summed E-state index contributed by atoms with van der Waals surface area (Å²) in [6.45, 7) is 3.46. The van der Waals surface area contributed by atoms with E-state index >= 15 is 0 Å². The van der Waals surface area contributed by atoms with Crippen LogP contribution >= 0.6 is 0 Å². The molecule has 8 heteroatoms. The van der Waals surface area contributed by atoms with Gasteiger partial charge in [0.15, 0.2) is 0 Å². The number of allylic oxidation sites excluding steroid dienone is 5. The van der Waals surface area contributed by atoms with Crippen molar-refractivity contribution in [1.29, 1.82) is 0 Å². The summed E-state index contributed by atoms with van der Waals surface area (Å²) in [6, 6.07) is 0. The van der Waals surface area contributed by atoms with Gasteiger partial charge in [0.1, 0.15) is 0 Å². The zero-order chi connectivity index (χ0) is 15.2. The molecule has 0 fully saturated rings. The zero-order valence-electron chi connectivity index (χ0n) is 10.6. The van der Waals surface area contributed by atoms with Gasteiger partial charge in [0, 0.05) is 0 Å². The predicted molar refractivity (Wildman–Crippen MR) is 66.8 cm³/mol. The second-order valence-corrected chi connectivity index (χ2v) is 9.04. The third-order valence-electron chi connectivity index (χ3n) is 2.24. The van der Waals surface area contributed by atoms with Crippen LogP contribution in [-0.4, -0.2) is 13.9 Å². The summed E-state index contributed by atoms with van der Waals surface area (Å²) < 4.78 is 64.6. The first-order chi connectivity index (χ1) is 9.28. The average Bonchev–Trinajstić information content (AvgIpc) is 2.26. The van der Waals surface area contributed by atoms with Crippen LogP contribution in [0, 0.1) is 0 Å². The Morgan fingerprint density at radius 3 is 2.55 bits per heavy atom. The molecule has 0 N–H and O–H groups in total. The summed E-state index contributed by atoms with van der Waals surface area (Å²) in [7, 11) is -5.54. The van der Waals surface area contributed by atoms with E-state index in [1.165, 1.54) is 6.08 Å². The Morgan fingerprint density at radius 1 is 1.30 bits per heavy atom. The predicted octanol–water partition coefficient (Wildman–Crippen LogP) is 4.00. The molecule has 20 heavy (non-hydrogen) atoms. The molecular weight excluding hydrogens is 388 g/mol. The number of rotatable bonds is 5. The molecule has 0 bridgehead atoms. The maximum atomic E-state index is 12.4. The van der Waals surface area contributed by atoms with Crippen LogP contribution in [0.4, 0.5) is 13.2 Å². The van der Waals surface area contributed by atoms with Gasteiger partial charge in [-0.1, -0.05) is 0 Å². The van der Waals surface area contributed by atoms with E-state index < -0.39 is 32.8 Å². The van der Waals surface area contributed by atoms with Crippen LogP contribution in [0.25, 0.3) is 0 Å². The van der Waals surface area contributed by atoms with Crippen molar-refractivity contribution < 1.29 is 41.6 Å². The molecule has 0 unspecified atom stereocenters. The van der Waals surface area contributed by atoms with Gasteiger partial charge in [-0.2, -0.15) is 0 Å². The Labute approximate surface area is 123 Å². The van der Waals surface area contributed by atoms with E-state index in [0.717, 1.165) is 6.42 Å². The molecule has 0 aromatic carbocycles. The van der Waals surface area contributed by atoms with Crippen molar-refractivity contribution in [3.05, 3.63) is 34.9 Å². The van der Waals surface area contributed by atoms with Gasteiger partial charge in [0.05, 0.1) is 0 Å². The van der Waals surface area contributed by atoms with Gasteiger partial charge in [-0.25, -0.2) is 0 Å². The molecule has 0 atom stereocenters. The second kappa shape index (κ2) is 7.55. The topological polar surface area (TPSA) is 43.4 Å². The molecule has 0 aromatic heterocycles. The number of alkyl halides is 3. The van der Waals surface area contributed by atoms with E-state index in [4.69, 9.17) is 0 Å². The minimum absolute atomic E-state index is 0.135. The van der Waals surface area contributed by atoms with Gasteiger partial charge < -0.3 is 0 Å². The van der Waals surface area contributed by atoms with Crippen molar-refractivity contribution in [2.75, 3.05) is 0 Å². The number of hydrogen-bond donors (Lipinski definition) is 0. The van der Waals surface area contributed by atoms with Crippen molar-refractivity contribution >= 4 is 10.1 Å². The summed E-state index contributed by atoms with van der Waals surface area (Å²) in [5.41, 5.74) is -5.38. The fourth-order valence-electron chi connectivity index (χ4n) is 1.37. The van der Waals surface area contributed by atoms with Gasteiger partial charge in [-0.3, -0.25) is 0 Å². The van der Waals surface area contributed by atoms with Crippen molar-refractivity contribution in [3.8, 4) is 0 Å². The van der Waals surface area contributed by atoms with E-state index in [2.05, 4.69) is 9.49 Å². The summed E-state index contributed by atoms with van der Waals surface area (Å²) >= 11 is -2.44. The number of hydrogen-bond acceptors (Lipinski definition) is 3. The SMILES string of the molecule is C=C[CH2][Pd]([O]S(=O)(=O)C(F)(F)F)[C]1=CCCC=CCC1. The molecule has 0 heterocycles. The fourth-order valence-corrected chi connectivity index (χ4v) is 6.25. The molecule has 0 radical (unpaired) electrons. The van der Waals surface area contributed by atoms with Crippen LogP contribution in [0.15, 0.2) is 34.9 Å². The first kappa shape index (κ1) is 17.6. The second-order valence-electron chi connectivity index (χ2n) is 3.84. The first-order valence-electron chi connectivity index (χ1n) is 5.80. The third kappa shape index (κ3) is 5.17. The molecule has 0 spiro atoms. The Morgan fingerprint density at radius 2 is 1.95 bits per heavy atom. The summed E-state index contributed by atoms with van der Waals surface area (Å²) in [4.78, 5) is 0.135. The first-order valence-corrected chi connectivity index (χ1v) is 9.72. The van der Waals surface area contributed by atoms with E-state index in [9.17, 15) is 21.6 Å². The van der Waals surface area contributed by atoms with Crippen molar-refractivity contribution in [1.82, 2.24) is 0 Å². The normalized spacial score (nSPS) is 17.9. The van der Waals surface area contributed by atoms with E-state index in [1.54, 1.807) is 6.08 Å². The maximum absolute atomic E-state index is 12.4. The van der Waals surface area contributed by atoms with Gasteiger partial charge in [0.2, 0.25) is 0 Å². The Bertz CT molecular complexity index is 495. The van der Waals surface area contributed by atoms with Crippen molar-refractivity contribution in [2.24, 2.45) is 0 Å². The van der Waals surface area contributed by atoms with Crippen LogP contribution < -0.4 is 0 Å². The molecule has 1 aliphatic rings. The van der Waals surface area contributed by atoms with Crippen molar-refractivity contribution in [2.45, 2.75) is 36.1 Å². The van der Waals surface area contributed by atoms with Crippen LogP contribution in [0.5, 0.6) is 0 Å². The Hall–Kier alpha value is -0.418. The molecule has 0 saturated carbocycles. The Balaban J connectivity index is 2.91. The van der Waals surface area contributed by atoms with Crippen LogP contribution in [0.2, 0.25) is 4.89 Å². The van der Waals surface area contributed by atoms with Gasteiger partial charge in [-0.15, -0.1) is 0 Å². The van der Waals surface area contributed by atoms with Crippen molar-refractivity contribution in [3.63, 3.8) is 0 Å². The average molecular weight is 404 g/mol. The summed E-state index contributed by atoms with van der Waals surface area (Å²) in [6.07, 6.45) is 9.83. The molecule has 119 valence electrons. The Kier molecular flexibility index (Phi) is 6.66. The van der Waals surface area contributed by atoms with Crippen LogP contribution in [-0.2, 0) is 30.2 Å². The third-order valence-corrected chi connectivity index (χ3v) is 7.88. The van der Waals surface area contributed by atoms with E-state index in [0.29, 0.717) is 23.3 Å². The van der Waals surface area contributed by atoms with Gasteiger partial charge in [0.25, 0.3) is 0 Å². The van der Waals surface area contributed by atoms with Gasteiger partial charge >= 0.3 is 123 Å². The van der Waals surface area contributed by atoms with E-state index in [-0.39, 0.29) is 4.89 Å². The van der Waals surface area contributed by atoms with Crippen LogP contribution in [0.3, 0.4) is 0 Å². The minimum atomic E-state index is -5.54. The van der Waals surface area contributed by atoms with E-state index in [1.807, 2.05) is 12.2 Å². The molecule has 0 aromatic rings. The molecule has 1 aliphatic carbocycles. The quantitative estimate of drug-likeness (QED) is 0.396. The number of halogens is 3. The zero-order valence-corrected chi connectivity index (χ0v) is 13.0. The summed E-state index contributed by atoms with van der Waals surface area (Å²) in [5.74, 6) is 0. The molecule has 3 nitrogen and oxygen atoms in total.